The summed E-state index contributed by atoms with van der Waals surface area (Å²) >= 11 is 0. The van der Waals surface area contributed by atoms with Crippen LogP contribution in [-0.2, 0) is 4.79 Å². The Balaban J connectivity index is 1.65. The van der Waals surface area contributed by atoms with E-state index in [-0.39, 0.29) is 29.9 Å². The van der Waals surface area contributed by atoms with Crippen LogP contribution in [0.4, 0.5) is 5.69 Å². The normalized spacial score (nSPS) is 12.8. The summed E-state index contributed by atoms with van der Waals surface area (Å²) in [5, 5.41) is 2.66. The van der Waals surface area contributed by atoms with Gasteiger partial charge in [-0.05, 0) is 37.3 Å². The number of ether oxygens (including phenoxy) is 2. The highest BCUT2D eigenvalue weighted by Crippen LogP contribution is 2.27. The Hall–Kier alpha value is -3.35. The fourth-order valence-electron chi connectivity index (χ4n) is 2.62. The molecule has 0 bridgehead atoms. The number of benzene rings is 2. The first-order valence-corrected chi connectivity index (χ1v) is 8.12. The average Bonchev–Trinajstić information content (AvgIpc) is 2.85. The molecule has 7 nitrogen and oxygen atoms in total. The van der Waals surface area contributed by atoms with Crippen LogP contribution >= 0.6 is 0 Å². The highest BCUT2D eigenvalue weighted by molar-refractivity contribution is 6.21. The van der Waals surface area contributed by atoms with Gasteiger partial charge in [-0.15, -0.1) is 0 Å². The summed E-state index contributed by atoms with van der Waals surface area (Å²) in [6, 6.07) is 11.7. The van der Waals surface area contributed by atoms with Crippen molar-refractivity contribution in [2.75, 3.05) is 25.6 Å². The quantitative estimate of drug-likeness (QED) is 0.805. The number of carbonyl (C=O) groups is 3. The molecule has 3 amide bonds. The second-order valence-electron chi connectivity index (χ2n) is 5.65. The number of hydrogen-bond donors (Lipinski definition) is 1. The van der Waals surface area contributed by atoms with Gasteiger partial charge in [-0.2, -0.15) is 0 Å². The molecule has 0 radical (unpaired) electrons. The number of imide groups is 1. The van der Waals surface area contributed by atoms with Gasteiger partial charge in [0.25, 0.3) is 17.7 Å². The minimum Gasteiger partial charge on any atom is -0.490 e. The summed E-state index contributed by atoms with van der Waals surface area (Å²) in [5.74, 6) is -0.0866. The van der Waals surface area contributed by atoms with Gasteiger partial charge in [0, 0.05) is 12.7 Å². The van der Waals surface area contributed by atoms with Crippen molar-refractivity contribution in [3.8, 4) is 11.5 Å². The molecule has 2 aromatic rings. The molecule has 2 aromatic carbocycles. The summed E-state index contributed by atoms with van der Waals surface area (Å²) in [6.07, 6.45) is 0. The second-order valence-corrected chi connectivity index (χ2v) is 5.65. The average molecular weight is 354 g/mol. The van der Waals surface area contributed by atoms with Crippen molar-refractivity contribution in [3.63, 3.8) is 0 Å². The third kappa shape index (κ3) is 3.37. The van der Waals surface area contributed by atoms with Crippen LogP contribution in [0.2, 0.25) is 0 Å². The summed E-state index contributed by atoms with van der Waals surface area (Å²) < 4.78 is 10.9. The van der Waals surface area contributed by atoms with E-state index in [4.69, 9.17) is 9.47 Å². The minimum absolute atomic E-state index is 0.214. The fourth-order valence-corrected chi connectivity index (χ4v) is 2.62. The van der Waals surface area contributed by atoms with E-state index >= 15 is 0 Å². The number of hydrogen-bond acceptors (Lipinski definition) is 5. The topological polar surface area (TPSA) is 84.9 Å². The molecule has 1 aliphatic heterocycles. The van der Waals surface area contributed by atoms with Crippen LogP contribution in [0.5, 0.6) is 11.5 Å². The first kappa shape index (κ1) is 17.5. The maximum atomic E-state index is 12.1. The van der Waals surface area contributed by atoms with Gasteiger partial charge in [-0.1, -0.05) is 12.1 Å². The Bertz CT molecular complexity index is 878. The summed E-state index contributed by atoms with van der Waals surface area (Å²) in [6.45, 7) is 2.14. The zero-order valence-electron chi connectivity index (χ0n) is 14.4. The number of nitrogens with zero attached hydrogens (tertiary/aromatic N) is 1. The van der Waals surface area contributed by atoms with E-state index in [1.54, 1.807) is 24.3 Å². The Morgan fingerprint density at radius 1 is 1.00 bits per heavy atom. The van der Waals surface area contributed by atoms with Crippen LogP contribution in [-0.4, -0.2) is 42.9 Å². The molecule has 0 saturated carbocycles. The van der Waals surface area contributed by atoms with Crippen LogP contribution in [0, 0.1) is 0 Å². The fraction of sp³-hybridized carbons (Fsp3) is 0.211. The lowest BCUT2D eigenvalue weighted by Gasteiger charge is -2.11. The van der Waals surface area contributed by atoms with E-state index in [1.165, 1.54) is 19.2 Å². The van der Waals surface area contributed by atoms with Crippen LogP contribution in [0.1, 0.15) is 27.6 Å². The maximum absolute atomic E-state index is 12.1. The number of anilines is 1. The molecule has 0 saturated heterocycles. The lowest BCUT2D eigenvalue weighted by Crippen LogP contribution is -2.24. The van der Waals surface area contributed by atoms with E-state index in [0.717, 1.165) is 4.90 Å². The van der Waals surface area contributed by atoms with Gasteiger partial charge in [0.05, 0.1) is 17.7 Å². The molecule has 134 valence electrons. The molecule has 0 aromatic heterocycles. The molecule has 1 aliphatic rings. The standard InChI is InChI=1S/C19H18N2O5/c1-3-25-15-6-4-5-7-16(15)26-11-17(22)20-12-8-9-13-14(10-12)19(24)21(2)18(13)23/h4-10H,3,11H2,1-2H3,(H,20,22). The minimum atomic E-state index is -0.388. The van der Waals surface area contributed by atoms with Gasteiger partial charge in [0.15, 0.2) is 18.1 Å². The zero-order chi connectivity index (χ0) is 18.7. The van der Waals surface area contributed by atoms with Crippen molar-refractivity contribution in [2.45, 2.75) is 6.92 Å². The molecule has 1 N–H and O–H groups in total. The van der Waals surface area contributed by atoms with Crippen LogP contribution in [0.15, 0.2) is 42.5 Å². The van der Waals surface area contributed by atoms with E-state index < -0.39 is 0 Å². The van der Waals surface area contributed by atoms with Crippen LogP contribution < -0.4 is 14.8 Å². The number of carbonyl (C=O) groups excluding carboxylic acids is 3. The van der Waals surface area contributed by atoms with Gasteiger partial charge in [-0.25, -0.2) is 0 Å². The second kappa shape index (κ2) is 7.26. The molecule has 0 spiro atoms. The Morgan fingerprint density at radius 2 is 1.65 bits per heavy atom. The molecule has 0 unspecified atom stereocenters. The molecule has 7 heteroatoms. The van der Waals surface area contributed by atoms with Gasteiger partial charge in [-0.3, -0.25) is 19.3 Å². The van der Waals surface area contributed by atoms with Crippen LogP contribution in [0.25, 0.3) is 0 Å². The van der Waals surface area contributed by atoms with E-state index in [0.29, 0.717) is 29.4 Å². The van der Waals surface area contributed by atoms with Crippen molar-refractivity contribution in [2.24, 2.45) is 0 Å². The molecule has 1 heterocycles. The predicted octanol–water partition coefficient (Wildman–Crippen LogP) is 2.33. The molecule has 26 heavy (non-hydrogen) atoms. The number of para-hydroxylation sites is 2. The number of amides is 3. The molecule has 0 fully saturated rings. The lowest BCUT2D eigenvalue weighted by molar-refractivity contribution is -0.118. The molecular weight excluding hydrogens is 336 g/mol. The molecule has 0 atom stereocenters. The van der Waals surface area contributed by atoms with Gasteiger partial charge in [0.2, 0.25) is 0 Å². The summed E-state index contributed by atoms with van der Waals surface area (Å²) in [5.41, 5.74) is 1.03. The van der Waals surface area contributed by atoms with Crippen LogP contribution in [0.3, 0.4) is 0 Å². The Labute approximate surface area is 150 Å². The van der Waals surface area contributed by atoms with E-state index in [9.17, 15) is 14.4 Å². The maximum Gasteiger partial charge on any atom is 0.262 e. The van der Waals surface area contributed by atoms with E-state index in [1.807, 2.05) is 13.0 Å². The third-order valence-electron chi connectivity index (χ3n) is 3.88. The summed E-state index contributed by atoms with van der Waals surface area (Å²) in [7, 11) is 1.42. The Kier molecular flexibility index (Phi) is 4.88. The van der Waals surface area contributed by atoms with Gasteiger partial charge >= 0.3 is 0 Å². The Morgan fingerprint density at radius 3 is 2.35 bits per heavy atom. The predicted molar refractivity (Wildman–Crippen MR) is 94.6 cm³/mol. The van der Waals surface area contributed by atoms with Crippen molar-refractivity contribution < 1.29 is 23.9 Å². The number of rotatable bonds is 6. The molecule has 0 aliphatic carbocycles. The summed E-state index contributed by atoms with van der Waals surface area (Å²) in [4.78, 5) is 37.1. The number of nitrogens with one attached hydrogen (secondary N) is 1. The van der Waals surface area contributed by atoms with Crippen molar-refractivity contribution >= 4 is 23.4 Å². The van der Waals surface area contributed by atoms with Crippen molar-refractivity contribution in [1.82, 2.24) is 4.90 Å². The molecular formula is C19H18N2O5. The first-order valence-electron chi connectivity index (χ1n) is 8.12. The monoisotopic (exact) mass is 354 g/mol. The largest absolute Gasteiger partial charge is 0.490 e. The highest BCUT2D eigenvalue weighted by atomic mass is 16.5. The number of fused-ring (bicyclic) bond motifs is 1. The van der Waals surface area contributed by atoms with E-state index in [2.05, 4.69) is 5.32 Å². The SMILES string of the molecule is CCOc1ccccc1OCC(=O)Nc1ccc2c(c1)C(=O)N(C)C2=O. The third-order valence-corrected chi connectivity index (χ3v) is 3.88. The zero-order valence-corrected chi connectivity index (χ0v) is 14.4. The molecule has 3 rings (SSSR count). The van der Waals surface area contributed by atoms with Crippen molar-refractivity contribution in [3.05, 3.63) is 53.6 Å². The lowest BCUT2D eigenvalue weighted by atomic mass is 10.1. The van der Waals surface area contributed by atoms with Crippen molar-refractivity contribution in [1.29, 1.82) is 0 Å². The van der Waals surface area contributed by atoms with Gasteiger partial charge in [0.1, 0.15) is 0 Å². The first-order chi connectivity index (χ1) is 12.5. The smallest absolute Gasteiger partial charge is 0.262 e. The highest BCUT2D eigenvalue weighted by Gasteiger charge is 2.32. The van der Waals surface area contributed by atoms with Gasteiger partial charge < -0.3 is 14.8 Å².